The quantitative estimate of drug-likeness (QED) is 0.650. The lowest BCUT2D eigenvalue weighted by Crippen LogP contribution is -2.01. The van der Waals surface area contributed by atoms with Crippen LogP contribution in [0, 0.1) is 3.57 Å². The van der Waals surface area contributed by atoms with Crippen molar-refractivity contribution in [2.75, 3.05) is 11.9 Å². The first-order chi connectivity index (χ1) is 6.72. The van der Waals surface area contributed by atoms with Crippen molar-refractivity contribution < 1.29 is 9.90 Å². The molecule has 2 N–H and O–H groups in total. The van der Waals surface area contributed by atoms with Crippen LogP contribution in [-0.2, 0) is 4.79 Å². The summed E-state index contributed by atoms with van der Waals surface area (Å²) in [5, 5.41) is 12.7. The van der Waals surface area contributed by atoms with E-state index in [-0.39, 0.29) is 5.92 Å². The van der Waals surface area contributed by atoms with Gasteiger partial charge in [-0.1, -0.05) is 0 Å². The largest absolute Gasteiger partial charge is 0.507 e. The van der Waals surface area contributed by atoms with Crippen molar-refractivity contribution in [3.05, 3.63) is 21.3 Å². The zero-order valence-electron chi connectivity index (χ0n) is 7.46. The van der Waals surface area contributed by atoms with E-state index in [4.69, 9.17) is 0 Å². The van der Waals surface area contributed by atoms with Crippen LogP contribution in [-0.4, -0.2) is 17.9 Å². The van der Waals surface area contributed by atoms with Gasteiger partial charge in [-0.3, -0.25) is 0 Å². The van der Waals surface area contributed by atoms with Crippen LogP contribution in [0.2, 0.25) is 0 Å². The van der Waals surface area contributed by atoms with Crippen LogP contribution in [0.4, 0.5) is 5.69 Å². The average Bonchev–Trinajstić information content (AvgIpc) is 2.51. The van der Waals surface area contributed by atoms with Crippen LogP contribution < -0.4 is 5.32 Å². The van der Waals surface area contributed by atoms with E-state index in [1.165, 1.54) is 0 Å². The predicted octanol–water partition coefficient (Wildman–Crippen LogP) is 2.09. The lowest BCUT2D eigenvalue weighted by atomic mass is 9.99. The number of rotatable bonds is 2. The van der Waals surface area contributed by atoms with Gasteiger partial charge >= 0.3 is 0 Å². The third kappa shape index (κ3) is 1.58. The van der Waals surface area contributed by atoms with Crippen molar-refractivity contribution in [3.8, 4) is 5.75 Å². The summed E-state index contributed by atoms with van der Waals surface area (Å²) < 4.78 is 0.834. The maximum absolute atomic E-state index is 10.4. The Balaban J connectivity index is 2.39. The summed E-state index contributed by atoms with van der Waals surface area (Å²) >= 11 is 2.09. The zero-order chi connectivity index (χ0) is 10.1. The Labute approximate surface area is 95.7 Å². The molecule has 74 valence electrons. The maximum atomic E-state index is 10.4. The van der Waals surface area contributed by atoms with Crippen molar-refractivity contribution >= 4 is 34.6 Å². The fourth-order valence-electron chi connectivity index (χ4n) is 1.74. The summed E-state index contributed by atoms with van der Waals surface area (Å²) in [5.41, 5.74) is 2.09. The molecule has 0 saturated carbocycles. The standard InChI is InChI=1S/C10H10INO2/c11-8-3-7-6(1-2-13)5-12-9(7)4-10(8)14/h2-4,6,12,14H,1,5H2. The molecule has 1 aromatic rings. The van der Waals surface area contributed by atoms with E-state index in [0.717, 1.165) is 27.7 Å². The molecule has 0 aliphatic carbocycles. The van der Waals surface area contributed by atoms with Gasteiger partial charge in [-0.05, 0) is 34.2 Å². The Morgan fingerprint density at radius 3 is 3.14 bits per heavy atom. The first-order valence-electron chi connectivity index (χ1n) is 4.42. The molecule has 2 rings (SSSR count). The van der Waals surface area contributed by atoms with Crippen molar-refractivity contribution in [3.63, 3.8) is 0 Å². The number of halogens is 1. The Morgan fingerprint density at radius 2 is 2.43 bits per heavy atom. The molecule has 1 unspecified atom stereocenters. The molecule has 14 heavy (non-hydrogen) atoms. The van der Waals surface area contributed by atoms with Crippen LogP contribution in [0.5, 0.6) is 5.75 Å². The average molecular weight is 303 g/mol. The van der Waals surface area contributed by atoms with Gasteiger partial charge < -0.3 is 15.2 Å². The number of hydrogen-bond acceptors (Lipinski definition) is 3. The van der Waals surface area contributed by atoms with Gasteiger partial charge in [0, 0.05) is 30.6 Å². The number of anilines is 1. The van der Waals surface area contributed by atoms with E-state index < -0.39 is 0 Å². The van der Waals surface area contributed by atoms with Crippen LogP contribution >= 0.6 is 22.6 Å². The number of phenolic OH excluding ortho intramolecular Hbond substituents is 1. The van der Waals surface area contributed by atoms with Crippen molar-refractivity contribution in [1.29, 1.82) is 0 Å². The first-order valence-corrected chi connectivity index (χ1v) is 5.50. The summed E-state index contributed by atoms with van der Waals surface area (Å²) in [7, 11) is 0. The monoisotopic (exact) mass is 303 g/mol. The Bertz CT molecular complexity index is 379. The minimum Gasteiger partial charge on any atom is -0.507 e. The van der Waals surface area contributed by atoms with Crippen LogP contribution in [0.15, 0.2) is 12.1 Å². The molecule has 0 bridgehead atoms. The maximum Gasteiger partial charge on any atom is 0.130 e. The molecule has 0 radical (unpaired) electrons. The number of nitrogens with one attached hydrogen (secondary N) is 1. The first kappa shape index (κ1) is 9.76. The summed E-state index contributed by atoms with van der Waals surface area (Å²) in [6.07, 6.45) is 1.49. The van der Waals surface area contributed by atoms with Gasteiger partial charge in [-0.15, -0.1) is 0 Å². The van der Waals surface area contributed by atoms with Gasteiger partial charge in [-0.2, -0.15) is 0 Å². The molecule has 3 nitrogen and oxygen atoms in total. The molecule has 0 saturated heterocycles. The third-order valence-corrected chi connectivity index (χ3v) is 3.34. The highest BCUT2D eigenvalue weighted by Gasteiger charge is 2.22. The van der Waals surface area contributed by atoms with Crippen LogP contribution in [0.3, 0.4) is 0 Å². The van der Waals surface area contributed by atoms with Gasteiger partial charge in [0.25, 0.3) is 0 Å². The molecule has 1 aliphatic heterocycles. The second kappa shape index (κ2) is 3.76. The molecule has 1 aromatic carbocycles. The number of fused-ring (bicyclic) bond motifs is 1. The second-order valence-corrected chi connectivity index (χ2v) is 4.53. The smallest absolute Gasteiger partial charge is 0.130 e. The normalized spacial score (nSPS) is 18.8. The fourth-order valence-corrected chi connectivity index (χ4v) is 2.23. The predicted molar refractivity (Wildman–Crippen MR) is 62.7 cm³/mol. The van der Waals surface area contributed by atoms with E-state index in [2.05, 4.69) is 27.9 Å². The molecule has 1 atom stereocenters. The molecule has 1 aliphatic rings. The molecule has 0 fully saturated rings. The fraction of sp³-hybridized carbons (Fsp3) is 0.300. The van der Waals surface area contributed by atoms with Crippen molar-refractivity contribution in [2.24, 2.45) is 0 Å². The van der Waals surface area contributed by atoms with E-state index in [9.17, 15) is 9.90 Å². The SMILES string of the molecule is O=CCC1CNc2cc(O)c(I)cc21. The Hall–Kier alpha value is -0.780. The molecule has 4 heteroatoms. The second-order valence-electron chi connectivity index (χ2n) is 3.37. The number of hydrogen-bond donors (Lipinski definition) is 2. The highest BCUT2D eigenvalue weighted by molar-refractivity contribution is 14.1. The van der Waals surface area contributed by atoms with Crippen molar-refractivity contribution in [1.82, 2.24) is 0 Å². The number of benzene rings is 1. The highest BCUT2D eigenvalue weighted by atomic mass is 127. The van der Waals surface area contributed by atoms with Gasteiger partial charge in [0.05, 0.1) is 3.57 Å². The van der Waals surface area contributed by atoms with Gasteiger partial charge in [0.15, 0.2) is 0 Å². The topological polar surface area (TPSA) is 49.3 Å². The molecule has 0 aromatic heterocycles. The van der Waals surface area contributed by atoms with Gasteiger partial charge in [0.2, 0.25) is 0 Å². The number of aromatic hydroxyl groups is 1. The molecule has 1 heterocycles. The molecule has 0 amide bonds. The molecule has 0 spiro atoms. The number of aldehydes is 1. The summed E-state index contributed by atoms with van der Waals surface area (Å²) in [4.78, 5) is 10.4. The summed E-state index contributed by atoms with van der Waals surface area (Å²) in [6.45, 7) is 0.785. The zero-order valence-corrected chi connectivity index (χ0v) is 9.61. The molecular formula is C10H10INO2. The minimum absolute atomic E-state index is 0.261. The number of carbonyl (C=O) groups excluding carboxylic acids is 1. The summed E-state index contributed by atoms with van der Waals surface area (Å²) in [6, 6.07) is 3.67. The van der Waals surface area contributed by atoms with E-state index in [1.807, 2.05) is 6.07 Å². The third-order valence-electron chi connectivity index (χ3n) is 2.48. The van der Waals surface area contributed by atoms with E-state index in [0.29, 0.717) is 12.2 Å². The molecular weight excluding hydrogens is 293 g/mol. The Morgan fingerprint density at radius 1 is 1.64 bits per heavy atom. The van der Waals surface area contributed by atoms with Crippen molar-refractivity contribution in [2.45, 2.75) is 12.3 Å². The van der Waals surface area contributed by atoms with Crippen LogP contribution in [0.25, 0.3) is 0 Å². The van der Waals surface area contributed by atoms with E-state index in [1.54, 1.807) is 6.07 Å². The number of carbonyl (C=O) groups is 1. The number of phenols is 1. The van der Waals surface area contributed by atoms with Crippen LogP contribution in [0.1, 0.15) is 17.9 Å². The lowest BCUT2D eigenvalue weighted by Gasteiger charge is -2.06. The van der Waals surface area contributed by atoms with Gasteiger partial charge in [-0.25, -0.2) is 0 Å². The minimum atomic E-state index is 0.261. The Kier molecular flexibility index (Phi) is 2.62. The lowest BCUT2D eigenvalue weighted by molar-refractivity contribution is -0.108. The van der Waals surface area contributed by atoms with Gasteiger partial charge in [0.1, 0.15) is 12.0 Å². The van der Waals surface area contributed by atoms with E-state index >= 15 is 0 Å². The summed E-state index contributed by atoms with van der Waals surface area (Å²) in [5.74, 6) is 0.556. The highest BCUT2D eigenvalue weighted by Crippen LogP contribution is 2.37.